The topological polar surface area (TPSA) is 108 Å². The Morgan fingerprint density at radius 2 is 1.93 bits per heavy atom. The van der Waals surface area contributed by atoms with Crippen molar-refractivity contribution in [1.29, 1.82) is 0 Å². The number of aromatic nitrogens is 3. The predicted molar refractivity (Wildman–Crippen MR) is 88.8 cm³/mol. The molecule has 1 aromatic heterocycles. The molecule has 0 bridgehead atoms. The number of sulfonamides is 1. The Morgan fingerprint density at radius 3 is 2.52 bits per heavy atom. The van der Waals surface area contributed by atoms with Crippen LogP contribution in [0.5, 0.6) is 0 Å². The molecule has 8 nitrogen and oxygen atoms in total. The van der Waals surface area contributed by atoms with Crippen molar-refractivity contribution in [3.05, 3.63) is 34.6 Å². The summed E-state index contributed by atoms with van der Waals surface area (Å²) >= 11 is 5.99. The van der Waals surface area contributed by atoms with Crippen LogP contribution in [-0.4, -0.2) is 46.9 Å². The minimum Gasteiger partial charge on any atom is -0.289 e. The molecular formula is C14H13ClF3N5O3S. The van der Waals surface area contributed by atoms with Crippen molar-refractivity contribution < 1.29 is 26.4 Å². The van der Waals surface area contributed by atoms with Crippen molar-refractivity contribution in [1.82, 2.24) is 19.5 Å². The van der Waals surface area contributed by atoms with Gasteiger partial charge in [-0.25, -0.2) is 8.42 Å². The Kier molecular flexibility index (Phi) is 5.14. The Morgan fingerprint density at radius 1 is 1.26 bits per heavy atom. The minimum atomic E-state index is -4.74. The van der Waals surface area contributed by atoms with Gasteiger partial charge in [-0.05, 0) is 31.0 Å². The van der Waals surface area contributed by atoms with Crippen LogP contribution in [0.1, 0.15) is 29.0 Å². The van der Waals surface area contributed by atoms with Gasteiger partial charge in [0, 0.05) is 18.7 Å². The second-order valence-corrected chi connectivity index (χ2v) is 8.03. The summed E-state index contributed by atoms with van der Waals surface area (Å²) in [5.41, 5.74) is -0.115. The maximum atomic E-state index is 12.7. The van der Waals surface area contributed by atoms with Gasteiger partial charge in [0.1, 0.15) is 4.90 Å². The fourth-order valence-corrected chi connectivity index (χ4v) is 4.55. The van der Waals surface area contributed by atoms with Crippen molar-refractivity contribution in [3.63, 3.8) is 0 Å². The van der Waals surface area contributed by atoms with Gasteiger partial charge in [-0.1, -0.05) is 11.6 Å². The molecule has 2 aromatic rings. The van der Waals surface area contributed by atoms with E-state index in [9.17, 15) is 26.4 Å². The Hall–Kier alpha value is -2.18. The molecule has 2 heterocycles. The number of amides is 1. The number of carbonyl (C=O) groups is 1. The predicted octanol–water partition coefficient (Wildman–Crippen LogP) is 2.51. The van der Waals surface area contributed by atoms with Crippen LogP contribution in [0, 0.1) is 0 Å². The number of nitrogens with one attached hydrogen (secondary N) is 2. The van der Waals surface area contributed by atoms with Crippen molar-refractivity contribution in [3.8, 4) is 0 Å². The molecule has 1 saturated heterocycles. The molecule has 146 valence electrons. The molecule has 13 heteroatoms. The molecule has 0 unspecified atom stereocenters. The first-order valence-electron chi connectivity index (χ1n) is 7.70. The molecule has 1 aromatic carbocycles. The first-order valence-corrected chi connectivity index (χ1v) is 9.51. The second-order valence-electron chi connectivity index (χ2n) is 5.72. The molecule has 1 aliphatic rings. The molecule has 1 fully saturated rings. The zero-order valence-electron chi connectivity index (χ0n) is 13.5. The Bertz CT molecular complexity index is 971. The fraction of sp³-hybridized carbons (Fsp3) is 0.357. The van der Waals surface area contributed by atoms with E-state index >= 15 is 0 Å². The number of alkyl halides is 3. The van der Waals surface area contributed by atoms with Gasteiger partial charge in [0.2, 0.25) is 21.8 Å². The van der Waals surface area contributed by atoms with Crippen molar-refractivity contribution in [2.45, 2.75) is 23.9 Å². The van der Waals surface area contributed by atoms with Crippen molar-refractivity contribution in [2.24, 2.45) is 0 Å². The number of halogens is 4. The smallest absolute Gasteiger partial charge is 0.289 e. The summed E-state index contributed by atoms with van der Waals surface area (Å²) in [5.74, 6) is -2.84. The van der Waals surface area contributed by atoms with Gasteiger partial charge in [-0.3, -0.25) is 15.2 Å². The number of anilines is 1. The van der Waals surface area contributed by atoms with Crippen LogP contribution in [0.25, 0.3) is 0 Å². The third-order valence-corrected chi connectivity index (χ3v) is 6.24. The highest BCUT2D eigenvalue weighted by Crippen LogP contribution is 2.29. The lowest BCUT2D eigenvalue weighted by atomic mass is 10.2. The number of nitrogens with zero attached hydrogens (tertiary/aromatic N) is 3. The molecule has 0 spiro atoms. The summed E-state index contributed by atoms with van der Waals surface area (Å²) in [6, 6.07) is 3.55. The van der Waals surface area contributed by atoms with Gasteiger partial charge in [0.25, 0.3) is 5.91 Å². The fourth-order valence-electron chi connectivity index (χ4n) is 2.53. The van der Waals surface area contributed by atoms with E-state index < -0.39 is 33.9 Å². The third-order valence-electron chi connectivity index (χ3n) is 3.86. The average Bonchev–Trinajstić information content (AvgIpc) is 3.26. The van der Waals surface area contributed by atoms with E-state index in [1.54, 1.807) is 5.10 Å². The zero-order chi connectivity index (χ0) is 19.8. The van der Waals surface area contributed by atoms with Gasteiger partial charge < -0.3 is 0 Å². The summed E-state index contributed by atoms with van der Waals surface area (Å²) < 4.78 is 64.1. The summed E-state index contributed by atoms with van der Waals surface area (Å²) in [6.07, 6.45) is -3.29. The van der Waals surface area contributed by atoms with E-state index in [0.29, 0.717) is 13.1 Å². The van der Waals surface area contributed by atoms with E-state index in [2.05, 4.69) is 15.4 Å². The summed E-state index contributed by atoms with van der Waals surface area (Å²) in [6.45, 7) is 0.707. The number of rotatable bonds is 4. The Balaban J connectivity index is 1.85. The molecule has 0 aliphatic carbocycles. The molecular weight excluding hydrogens is 411 g/mol. The lowest BCUT2D eigenvalue weighted by Crippen LogP contribution is -2.28. The van der Waals surface area contributed by atoms with Crippen LogP contribution >= 0.6 is 11.6 Å². The zero-order valence-corrected chi connectivity index (χ0v) is 15.1. The molecule has 0 atom stereocenters. The largest absolute Gasteiger partial charge is 0.451 e. The quantitative estimate of drug-likeness (QED) is 0.785. The highest BCUT2D eigenvalue weighted by molar-refractivity contribution is 7.89. The maximum Gasteiger partial charge on any atom is 0.451 e. The van der Waals surface area contributed by atoms with Crippen LogP contribution in [0.4, 0.5) is 19.1 Å². The van der Waals surface area contributed by atoms with Crippen LogP contribution in [0.3, 0.4) is 0 Å². The molecule has 0 radical (unpaired) electrons. The van der Waals surface area contributed by atoms with Crippen LogP contribution in [-0.2, 0) is 16.2 Å². The van der Waals surface area contributed by atoms with E-state index in [0.717, 1.165) is 18.9 Å². The van der Waals surface area contributed by atoms with Gasteiger partial charge in [-0.2, -0.15) is 22.5 Å². The van der Waals surface area contributed by atoms with Gasteiger partial charge in [-0.15, -0.1) is 5.10 Å². The highest BCUT2D eigenvalue weighted by Gasteiger charge is 2.35. The molecule has 27 heavy (non-hydrogen) atoms. The molecule has 2 N–H and O–H groups in total. The van der Waals surface area contributed by atoms with Crippen LogP contribution in [0.15, 0.2) is 23.1 Å². The van der Waals surface area contributed by atoms with Crippen LogP contribution in [0.2, 0.25) is 5.02 Å². The normalized spacial score (nSPS) is 15.9. The molecule has 3 rings (SSSR count). The van der Waals surface area contributed by atoms with E-state index in [1.807, 2.05) is 0 Å². The monoisotopic (exact) mass is 423 g/mol. The first-order chi connectivity index (χ1) is 12.6. The van der Waals surface area contributed by atoms with Gasteiger partial charge >= 0.3 is 6.18 Å². The lowest BCUT2D eigenvalue weighted by Gasteiger charge is -2.17. The SMILES string of the molecule is O=C(Nc1n[nH]c(C(F)(F)F)n1)c1ccc(Cl)c(S(=O)(=O)N2CCCC2)c1. The number of benzene rings is 1. The number of hydrogen-bond donors (Lipinski definition) is 2. The number of hydrogen-bond acceptors (Lipinski definition) is 5. The van der Waals surface area contributed by atoms with E-state index in [4.69, 9.17) is 11.6 Å². The lowest BCUT2D eigenvalue weighted by molar-refractivity contribution is -0.144. The first kappa shape index (κ1) is 19.6. The molecule has 1 aliphatic heterocycles. The standard InChI is InChI=1S/C14H13ClF3N5O3S/c15-9-4-3-8(7-10(9)27(25,26)23-5-1-2-6-23)11(24)19-13-20-12(21-22-13)14(16,17)18/h3-4,7H,1-2,5-6H2,(H2,19,20,21,22,24). The highest BCUT2D eigenvalue weighted by atomic mass is 35.5. The summed E-state index contributed by atoms with van der Waals surface area (Å²) in [7, 11) is -3.88. The third kappa shape index (κ3) is 4.06. The van der Waals surface area contributed by atoms with Gasteiger partial charge in [0.05, 0.1) is 5.02 Å². The Labute approximate surface area is 156 Å². The summed E-state index contributed by atoms with van der Waals surface area (Å²) in [4.78, 5) is 15.1. The summed E-state index contributed by atoms with van der Waals surface area (Å²) in [5, 5.41) is 6.93. The van der Waals surface area contributed by atoms with Crippen molar-refractivity contribution >= 4 is 33.5 Å². The molecule has 1 amide bonds. The van der Waals surface area contributed by atoms with Crippen LogP contribution < -0.4 is 5.32 Å². The van der Waals surface area contributed by atoms with E-state index in [-0.39, 0.29) is 15.5 Å². The minimum absolute atomic E-state index is 0.0595. The number of H-pyrrole nitrogens is 1. The van der Waals surface area contributed by atoms with E-state index in [1.165, 1.54) is 16.4 Å². The maximum absolute atomic E-state index is 12.7. The number of carbonyl (C=O) groups excluding carboxylic acids is 1. The number of aromatic amines is 1. The van der Waals surface area contributed by atoms with Gasteiger partial charge in [0.15, 0.2) is 0 Å². The second kappa shape index (κ2) is 7.09. The average molecular weight is 424 g/mol. The molecule has 0 saturated carbocycles. The van der Waals surface area contributed by atoms with Crippen molar-refractivity contribution in [2.75, 3.05) is 18.4 Å².